The van der Waals surface area contributed by atoms with Gasteiger partial charge >= 0.3 is 5.69 Å². The highest BCUT2D eigenvalue weighted by Crippen LogP contribution is 2.10. The maximum atomic E-state index is 13.3. The zero-order valence-corrected chi connectivity index (χ0v) is 18.1. The summed E-state index contributed by atoms with van der Waals surface area (Å²) in [6, 6.07) is 11.0. The van der Waals surface area contributed by atoms with Crippen LogP contribution < -0.4 is 11.2 Å². The number of nitrogens with zero attached hydrogens (tertiary/aromatic N) is 4. The van der Waals surface area contributed by atoms with Gasteiger partial charge in [-0.05, 0) is 52.3 Å². The summed E-state index contributed by atoms with van der Waals surface area (Å²) in [5.74, 6) is -0.173. The highest BCUT2D eigenvalue weighted by atomic mass is 16.2. The van der Waals surface area contributed by atoms with Crippen LogP contribution in [0.4, 0.5) is 0 Å². The van der Waals surface area contributed by atoms with Crippen molar-refractivity contribution in [1.29, 1.82) is 0 Å². The minimum Gasteiger partial charge on any atom is -0.336 e. The molecule has 0 aliphatic heterocycles. The van der Waals surface area contributed by atoms with Gasteiger partial charge in [-0.15, -0.1) is 0 Å². The minimum atomic E-state index is -0.512. The summed E-state index contributed by atoms with van der Waals surface area (Å²) in [7, 11) is 0. The number of carbonyl (C=O) groups excluding carboxylic acids is 1. The van der Waals surface area contributed by atoms with E-state index in [0.717, 1.165) is 15.7 Å². The Balaban J connectivity index is 2.14. The zero-order chi connectivity index (χ0) is 22.0. The number of benzene rings is 1. The van der Waals surface area contributed by atoms with E-state index in [4.69, 9.17) is 0 Å². The molecule has 1 amide bonds. The van der Waals surface area contributed by atoms with Gasteiger partial charge in [0.1, 0.15) is 6.54 Å². The summed E-state index contributed by atoms with van der Waals surface area (Å²) >= 11 is 0. The fourth-order valence-corrected chi connectivity index (χ4v) is 3.80. The van der Waals surface area contributed by atoms with Gasteiger partial charge in [0.05, 0.1) is 12.1 Å². The van der Waals surface area contributed by atoms with Gasteiger partial charge in [0.2, 0.25) is 5.91 Å². The Morgan fingerprint density at radius 1 is 1.00 bits per heavy atom. The Hall–Kier alpha value is -3.22. The molecular weight excluding hydrogens is 380 g/mol. The molecule has 3 rings (SSSR count). The molecule has 2 heterocycles. The van der Waals surface area contributed by atoms with Gasteiger partial charge in [0, 0.05) is 18.3 Å². The number of fused-ring (bicyclic) bond motifs is 1. The number of amides is 1. The summed E-state index contributed by atoms with van der Waals surface area (Å²) < 4.78 is 2.51. The SMILES string of the molecule is Cc1ccc(Cn2c(=O)c3ncccc3n(CC(=O)N(C(C)C)C(C)C)c2=O)cc1. The van der Waals surface area contributed by atoms with Crippen LogP contribution in [0.1, 0.15) is 38.8 Å². The number of pyridine rings is 1. The molecule has 0 bridgehead atoms. The maximum absolute atomic E-state index is 13.3. The number of hydrogen-bond acceptors (Lipinski definition) is 4. The molecule has 7 nitrogen and oxygen atoms in total. The quantitative estimate of drug-likeness (QED) is 0.628. The Kier molecular flexibility index (Phi) is 6.20. The van der Waals surface area contributed by atoms with E-state index in [0.29, 0.717) is 5.52 Å². The lowest BCUT2D eigenvalue weighted by atomic mass is 10.1. The molecule has 2 aromatic heterocycles. The van der Waals surface area contributed by atoms with Crippen molar-refractivity contribution in [2.75, 3.05) is 0 Å². The Morgan fingerprint density at radius 2 is 1.63 bits per heavy atom. The van der Waals surface area contributed by atoms with Crippen LogP contribution in [0.25, 0.3) is 11.0 Å². The third-order valence-corrected chi connectivity index (χ3v) is 5.14. The lowest BCUT2D eigenvalue weighted by molar-refractivity contribution is -0.135. The molecule has 0 aliphatic carbocycles. The van der Waals surface area contributed by atoms with Gasteiger partial charge in [-0.3, -0.25) is 18.7 Å². The van der Waals surface area contributed by atoms with Gasteiger partial charge in [0.15, 0.2) is 5.52 Å². The van der Waals surface area contributed by atoms with E-state index in [9.17, 15) is 14.4 Å². The molecule has 158 valence electrons. The van der Waals surface area contributed by atoms with E-state index < -0.39 is 11.2 Å². The first kappa shape index (κ1) is 21.5. The summed E-state index contributed by atoms with van der Waals surface area (Å²) in [6.45, 7) is 9.72. The zero-order valence-electron chi connectivity index (χ0n) is 18.1. The third-order valence-electron chi connectivity index (χ3n) is 5.14. The molecule has 7 heteroatoms. The Labute approximate surface area is 175 Å². The van der Waals surface area contributed by atoms with Crippen molar-refractivity contribution in [2.24, 2.45) is 0 Å². The number of rotatable bonds is 6. The Morgan fingerprint density at radius 3 is 2.23 bits per heavy atom. The molecule has 0 fully saturated rings. The molecule has 0 spiro atoms. The predicted molar refractivity (Wildman–Crippen MR) is 118 cm³/mol. The van der Waals surface area contributed by atoms with Crippen LogP contribution in [0.15, 0.2) is 52.2 Å². The molecule has 3 aromatic rings. The van der Waals surface area contributed by atoms with Crippen molar-refractivity contribution in [1.82, 2.24) is 19.0 Å². The number of aromatic nitrogens is 3. The van der Waals surface area contributed by atoms with Crippen molar-refractivity contribution in [3.63, 3.8) is 0 Å². The fourth-order valence-electron chi connectivity index (χ4n) is 3.80. The minimum absolute atomic E-state index is 0.00365. The lowest BCUT2D eigenvalue weighted by Crippen LogP contribution is -2.47. The van der Waals surface area contributed by atoms with Crippen LogP contribution in [-0.2, 0) is 17.9 Å². The molecule has 0 aliphatic rings. The molecule has 0 unspecified atom stereocenters. The van der Waals surface area contributed by atoms with Crippen molar-refractivity contribution < 1.29 is 4.79 Å². The van der Waals surface area contributed by atoms with Gasteiger partial charge in [-0.25, -0.2) is 9.78 Å². The number of aryl methyl sites for hydroxylation is 1. The average molecular weight is 409 g/mol. The van der Waals surface area contributed by atoms with Crippen molar-refractivity contribution >= 4 is 16.9 Å². The Bertz CT molecular complexity index is 1170. The second kappa shape index (κ2) is 8.65. The van der Waals surface area contributed by atoms with Crippen molar-refractivity contribution in [3.8, 4) is 0 Å². The van der Waals surface area contributed by atoms with Crippen molar-refractivity contribution in [2.45, 2.75) is 59.8 Å². The lowest BCUT2D eigenvalue weighted by Gasteiger charge is -2.31. The first-order valence-corrected chi connectivity index (χ1v) is 10.2. The van der Waals surface area contributed by atoms with Crippen LogP contribution in [0, 0.1) is 6.92 Å². The van der Waals surface area contributed by atoms with Gasteiger partial charge in [0.25, 0.3) is 5.56 Å². The van der Waals surface area contributed by atoms with Crippen LogP contribution in [0.5, 0.6) is 0 Å². The van der Waals surface area contributed by atoms with Crippen LogP contribution in [0.3, 0.4) is 0 Å². The van der Waals surface area contributed by atoms with E-state index in [-0.39, 0.29) is 36.6 Å². The predicted octanol–water partition coefficient (Wildman–Crippen LogP) is 2.56. The standard InChI is InChI=1S/C23H28N4O3/c1-15(2)27(16(3)4)20(28)14-25-19-7-6-12-24-21(19)22(29)26(23(25)30)13-18-10-8-17(5)9-11-18/h6-12,15-16H,13-14H2,1-5H3. The monoisotopic (exact) mass is 408 g/mol. The topological polar surface area (TPSA) is 77.2 Å². The molecule has 0 radical (unpaired) electrons. The van der Waals surface area contributed by atoms with E-state index in [1.807, 2.05) is 58.9 Å². The highest BCUT2D eigenvalue weighted by Gasteiger charge is 2.23. The van der Waals surface area contributed by atoms with E-state index in [1.54, 1.807) is 17.0 Å². The number of carbonyl (C=O) groups is 1. The van der Waals surface area contributed by atoms with E-state index in [2.05, 4.69) is 4.98 Å². The molecular formula is C23H28N4O3. The molecule has 0 N–H and O–H groups in total. The molecule has 0 saturated heterocycles. The highest BCUT2D eigenvalue weighted by molar-refractivity contribution is 5.80. The van der Waals surface area contributed by atoms with Crippen LogP contribution in [-0.4, -0.2) is 37.0 Å². The fraction of sp³-hybridized carbons (Fsp3) is 0.391. The largest absolute Gasteiger partial charge is 0.336 e. The first-order valence-electron chi connectivity index (χ1n) is 10.2. The molecule has 0 atom stereocenters. The van der Waals surface area contributed by atoms with Crippen LogP contribution >= 0.6 is 0 Å². The summed E-state index contributed by atoms with van der Waals surface area (Å²) in [4.78, 5) is 45.3. The second-order valence-electron chi connectivity index (χ2n) is 8.11. The van der Waals surface area contributed by atoms with E-state index >= 15 is 0 Å². The normalized spacial score (nSPS) is 11.4. The molecule has 1 aromatic carbocycles. The van der Waals surface area contributed by atoms with Gasteiger partial charge in [-0.2, -0.15) is 0 Å². The first-order chi connectivity index (χ1) is 14.2. The third kappa shape index (κ3) is 4.20. The second-order valence-corrected chi connectivity index (χ2v) is 8.11. The molecule has 30 heavy (non-hydrogen) atoms. The maximum Gasteiger partial charge on any atom is 0.332 e. The summed E-state index contributed by atoms with van der Waals surface area (Å²) in [5, 5.41) is 0. The van der Waals surface area contributed by atoms with Gasteiger partial charge in [-0.1, -0.05) is 29.8 Å². The van der Waals surface area contributed by atoms with Gasteiger partial charge < -0.3 is 4.90 Å². The molecule has 0 saturated carbocycles. The van der Waals surface area contributed by atoms with Crippen LogP contribution in [0.2, 0.25) is 0 Å². The summed E-state index contributed by atoms with van der Waals surface area (Å²) in [5.41, 5.74) is 1.51. The average Bonchev–Trinajstić information content (AvgIpc) is 2.69. The number of hydrogen-bond donors (Lipinski definition) is 0. The summed E-state index contributed by atoms with van der Waals surface area (Å²) in [6.07, 6.45) is 1.52. The van der Waals surface area contributed by atoms with E-state index in [1.165, 1.54) is 10.8 Å². The smallest absolute Gasteiger partial charge is 0.332 e. The van der Waals surface area contributed by atoms with Crippen molar-refractivity contribution in [3.05, 3.63) is 74.6 Å².